The van der Waals surface area contributed by atoms with Gasteiger partial charge in [0.05, 0.1) is 31.5 Å². The Bertz CT molecular complexity index is 1070. The lowest BCUT2D eigenvalue weighted by molar-refractivity contribution is -0.139. The molecule has 0 fully saturated rings. The van der Waals surface area contributed by atoms with Crippen LogP contribution in [0, 0.1) is 0 Å². The van der Waals surface area contributed by atoms with Crippen molar-refractivity contribution < 1.29 is 37.1 Å². The van der Waals surface area contributed by atoms with Crippen LogP contribution in [0.5, 0.6) is 11.5 Å². The summed E-state index contributed by atoms with van der Waals surface area (Å²) in [4.78, 5) is 12.4. The highest BCUT2D eigenvalue weighted by molar-refractivity contribution is 5.93. The largest absolute Gasteiger partial charge is 0.497 e. The molecule has 0 aliphatic rings. The first-order chi connectivity index (χ1) is 14.7. The summed E-state index contributed by atoms with van der Waals surface area (Å²) in [6.45, 7) is -0.448. The number of ether oxygens (including phenoxy) is 2. The molecule has 2 aromatic carbocycles. The zero-order valence-electron chi connectivity index (χ0n) is 16.6. The SMILES string of the molecule is COc1ccc(OC)c(-c2cc(C(=O)NCC(O)c3ccccc3C(F)(F)F)no2)c1. The molecule has 31 heavy (non-hydrogen) atoms. The predicted octanol–water partition coefficient (Wildman–Crippen LogP) is 3.84. The highest BCUT2D eigenvalue weighted by Crippen LogP contribution is 2.35. The van der Waals surface area contributed by atoms with Gasteiger partial charge in [-0.15, -0.1) is 0 Å². The Hall–Kier alpha value is -3.53. The zero-order valence-corrected chi connectivity index (χ0v) is 16.6. The van der Waals surface area contributed by atoms with Crippen LogP contribution in [-0.4, -0.2) is 36.9 Å². The van der Waals surface area contributed by atoms with Gasteiger partial charge >= 0.3 is 6.18 Å². The lowest BCUT2D eigenvalue weighted by atomic mass is 10.0. The summed E-state index contributed by atoms with van der Waals surface area (Å²) in [5.41, 5.74) is -0.924. The fraction of sp³-hybridized carbons (Fsp3) is 0.238. The van der Waals surface area contributed by atoms with Gasteiger partial charge in [-0.2, -0.15) is 13.2 Å². The number of aliphatic hydroxyl groups excluding tert-OH is 1. The Morgan fingerprint density at radius 2 is 1.90 bits per heavy atom. The molecule has 1 heterocycles. The molecule has 2 N–H and O–H groups in total. The molecule has 164 valence electrons. The van der Waals surface area contributed by atoms with Crippen molar-refractivity contribution >= 4 is 5.91 Å². The van der Waals surface area contributed by atoms with Gasteiger partial charge < -0.3 is 24.4 Å². The Balaban J connectivity index is 1.73. The first-order valence-corrected chi connectivity index (χ1v) is 9.06. The second kappa shape index (κ2) is 9.09. The number of aliphatic hydroxyl groups is 1. The molecule has 0 bridgehead atoms. The molecule has 0 aliphatic heterocycles. The van der Waals surface area contributed by atoms with E-state index in [1.165, 1.54) is 32.4 Å². The van der Waals surface area contributed by atoms with E-state index in [1.807, 2.05) is 0 Å². The van der Waals surface area contributed by atoms with Gasteiger partial charge in [-0.05, 0) is 29.8 Å². The van der Waals surface area contributed by atoms with Crippen molar-refractivity contribution in [2.24, 2.45) is 0 Å². The Morgan fingerprint density at radius 1 is 1.16 bits per heavy atom. The minimum absolute atomic E-state index is 0.115. The van der Waals surface area contributed by atoms with E-state index in [4.69, 9.17) is 14.0 Å². The smallest absolute Gasteiger partial charge is 0.416 e. The fourth-order valence-electron chi connectivity index (χ4n) is 2.95. The van der Waals surface area contributed by atoms with Crippen molar-refractivity contribution in [2.75, 3.05) is 20.8 Å². The molecule has 0 saturated carbocycles. The molecule has 0 spiro atoms. The fourth-order valence-corrected chi connectivity index (χ4v) is 2.95. The summed E-state index contributed by atoms with van der Waals surface area (Å²) in [6, 6.07) is 11.0. The first kappa shape index (κ1) is 22.2. The van der Waals surface area contributed by atoms with Crippen molar-refractivity contribution in [3.8, 4) is 22.8 Å². The number of aromatic nitrogens is 1. The lowest BCUT2D eigenvalue weighted by Gasteiger charge is -2.17. The normalized spacial score (nSPS) is 12.3. The van der Waals surface area contributed by atoms with E-state index < -0.39 is 30.3 Å². The van der Waals surface area contributed by atoms with Gasteiger partial charge in [0.1, 0.15) is 11.5 Å². The number of amides is 1. The van der Waals surface area contributed by atoms with E-state index in [0.29, 0.717) is 17.1 Å². The van der Waals surface area contributed by atoms with Crippen molar-refractivity contribution in [1.29, 1.82) is 0 Å². The van der Waals surface area contributed by atoms with Crippen molar-refractivity contribution in [3.63, 3.8) is 0 Å². The molecule has 1 unspecified atom stereocenters. The van der Waals surface area contributed by atoms with Gasteiger partial charge in [0.2, 0.25) is 0 Å². The Kier molecular flexibility index (Phi) is 6.50. The van der Waals surface area contributed by atoms with E-state index in [0.717, 1.165) is 12.1 Å². The number of alkyl halides is 3. The number of halogens is 3. The maximum Gasteiger partial charge on any atom is 0.416 e. The number of carbonyl (C=O) groups excluding carboxylic acids is 1. The third-order valence-corrected chi connectivity index (χ3v) is 4.50. The van der Waals surface area contributed by atoms with Crippen LogP contribution in [-0.2, 0) is 6.18 Å². The van der Waals surface area contributed by atoms with Crippen LogP contribution < -0.4 is 14.8 Å². The molecule has 3 rings (SSSR count). The maximum atomic E-state index is 13.1. The highest BCUT2D eigenvalue weighted by atomic mass is 19.4. The molecular formula is C21H19F3N2O5. The second-order valence-electron chi connectivity index (χ2n) is 6.45. The summed E-state index contributed by atoms with van der Waals surface area (Å²) in [6.07, 6.45) is -6.19. The third-order valence-electron chi connectivity index (χ3n) is 4.50. The van der Waals surface area contributed by atoms with Crippen LogP contribution >= 0.6 is 0 Å². The van der Waals surface area contributed by atoms with Crippen molar-refractivity contribution in [2.45, 2.75) is 12.3 Å². The summed E-state index contributed by atoms with van der Waals surface area (Å²) >= 11 is 0. The number of hydrogen-bond donors (Lipinski definition) is 2. The first-order valence-electron chi connectivity index (χ1n) is 9.06. The molecule has 1 amide bonds. The van der Waals surface area contributed by atoms with Crippen LogP contribution in [0.4, 0.5) is 13.2 Å². The quantitative estimate of drug-likeness (QED) is 0.585. The minimum Gasteiger partial charge on any atom is -0.497 e. The number of benzene rings is 2. The summed E-state index contributed by atoms with van der Waals surface area (Å²) in [7, 11) is 2.96. The average Bonchev–Trinajstić information content (AvgIpc) is 3.26. The predicted molar refractivity (Wildman–Crippen MR) is 104 cm³/mol. The standard InChI is InChI=1S/C21H19F3N2O5/c1-29-12-7-8-18(30-2)14(9-12)19-10-16(26-31-19)20(28)25-11-17(27)13-5-3-4-6-15(13)21(22,23)24/h3-10,17,27H,11H2,1-2H3,(H,25,28). The molecule has 1 aromatic heterocycles. The molecule has 1 atom stereocenters. The number of methoxy groups -OCH3 is 2. The van der Waals surface area contributed by atoms with E-state index in [9.17, 15) is 23.1 Å². The van der Waals surface area contributed by atoms with E-state index in [2.05, 4.69) is 10.5 Å². The molecular weight excluding hydrogens is 417 g/mol. The van der Waals surface area contributed by atoms with Gasteiger partial charge in [-0.25, -0.2) is 0 Å². The maximum absolute atomic E-state index is 13.1. The van der Waals surface area contributed by atoms with Crippen LogP contribution in [0.25, 0.3) is 11.3 Å². The Morgan fingerprint density at radius 3 is 2.58 bits per heavy atom. The molecule has 0 radical (unpaired) electrons. The zero-order chi connectivity index (χ0) is 22.6. The molecule has 0 aliphatic carbocycles. The third kappa shape index (κ3) is 4.97. The summed E-state index contributed by atoms with van der Waals surface area (Å²) < 4.78 is 55.0. The van der Waals surface area contributed by atoms with Gasteiger partial charge in [0.25, 0.3) is 5.91 Å². The van der Waals surface area contributed by atoms with Gasteiger partial charge in [-0.1, -0.05) is 23.4 Å². The number of carbonyl (C=O) groups is 1. The molecule has 10 heteroatoms. The van der Waals surface area contributed by atoms with Crippen LogP contribution in [0.15, 0.2) is 53.1 Å². The van der Waals surface area contributed by atoms with Crippen LogP contribution in [0.3, 0.4) is 0 Å². The van der Waals surface area contributed by atoms with Crippen LogP contribution in [0.1, 0.15) is 27.7 Å². The highest BCUT2D eigenvalue weighted by Gasteiger charge is 2.34. The van der Waals surface area contributed by atoms with Gasteiger partial charge in [0, 0.05) is 12.6 Å². The molecule has 0 saturated heterocycles. The second-order valence-corrected chi connectivity index (χ2v) is 6.45. The lowest BCUT2D eigenvalue weighted by Crippen LogP contribution is -2.29. The van der Waals surface area contributed by atoms with Gasteiger partial charge in [-0.3, -0.25) is 4.79 Å². The van der Waals surface area contributed by atoms with E-state index in [1.54, 1.807) is 18.2 Å². The van der Waals surface area contributed by atoms with E-state index >= 15 is 0 Å². The molecule has 3 aromatic rings. The number of nitrogens with zero attached hydrogens (tertiary/aromatic N) is 1. The summed E-state index contributed by atoms with van der Waals surface area (Å²) in [5.74, 6) is 0.497. The number of hydrogen-bond acceptors (Lipinski definition) is 6. The number of rotatable bonds is 7. The minimum atomic E-state index is -4.63. The molecule has 7 nitrogen and oxygen atoms in total. The van der Waals surface area contributed by atoms with Gasteiger partial charge in [0.15, 0.2) is 11.5 Å². The summed E-state index contributed by atoms with van der Waals surface area (Å²) in [5, 5.41) is 16.2. The topological polar surface area (TPSA) is 93.8 Å². The van der Waals surface area contributed by atoms with Crippen molar-refractivity contribution in [1.82, 2.24) is 10.5 Å². The number of nitrogens with one attached hydrogen (secondary N) is 1. The Labute approximate surface area is 175 Å². The van der Waals surface area contributed by atoms with E-state index in [-0.39, 0.29) is 17.0 Å². The monoisotopic (exact) mass is 436 g/mol. The van der Waals surface area contributed by atoms with Crippen molar-refractivity contribution in [3.05, 3.63) is 65.4 Å². The van der Waals surface area contributed by atoms with Crippen LogP contribution in [0.2, 0.25) is 0 Å². The average molecular weight is 436 g/mol.